The molecule has 3 heteroatoms. The fourth-order valence-corrected chi connectivity index (χ4v) is 4.41. The van der Waals surface area contributed by atoms with Gasteiger partial charge in [-0.3, -0.25) is 4.98 Å². The molecule has 1 heterocycles. The molecule has 0 saturated heterocycles. The molecule has 2 fully saturated rings. The van der Waals surface area contributed by atoms with Crippen molar-refractivity contribution in [3.8, 4) is 0 Å². The van der Waals surface area contributed by atoms with Gasteiger partial charge >= 0.3 is 0 Å². The first-order valence-corrected chi connectivity index (χ1v) is 8.39. The van der Waals surface area contributed by atoms with E-state index in [1.54, 1.807) is 0 Å². The first-order chi connectivity index (χ1) is 9.26. The van der Waals surface area contributed by atoms with Crippen molar-refractivity contribution in [3.63, 3.8) is 0 Å². The molecule has 2 aliphatic carbocycles. The van der Waals surface area contributed by atoms with Gasteiger partial charge in [-0.15, -0.1) is 0 Å². The predicted octanol–water partition coefficient (Wildman–Crippen LogP) is 3.80. The molecule has 4 unspecified atom stereocenters. The second-order valence-corrected chi connectivity index (χ2v) is 7.09. The quantitative estimate of drug-likeness (QED) is 0.891. The standard InChI is InChI=1S/C16H23BrN2/c1-2-18-16(9-14-6-5-13(17)10-19-14)15-8-11-3-4-12(15)7-11/h5-6,10-12,15-16,18H,2-4,7-9H2,1H3. The van der Waals surface area contributed by atoms with Crippen LogP contribution in [0, 0.1) is 17.8 Å². The van der Waals surface area contributed by atoms with E-state index in [-0.39, 0.29) is 0 Å². The lowest BCUT2D eigenvalue weighted by atomic mass is 9.81. The van der Waals surface area contributed by atoms with E-state index in [9.17, 15) is 0 Å². The van der Waals surface area contributed by atoms with Crippen LogP contribution in [0.3, 0.4) is 0 Å². The lowest BCUT2D eigenvalue weighted by Crippen LogP contribution is -2.40. The number of hydrogen-bond donors (Lipinski definition) is 1. The molecule has 3 rings (SSSR count). The third-order valence-corrected chi connectivity index (χ3v) is 5.46. The molecule has 0 amide bonds. The Labute approximate surface area is 124 Å². The van der Waals surface area contributed by atoms with Gasteiger partial charge in [0.25, 0.3) is 0 Å². The minimum absolute atomic E-state index is 0.619. The van der Waals surface area contributed by atoms with Crippen LogP contribution in [0.15, 0.2) is 22.8 Å². The van der Waals surface area contributed by atoms with Crippen LogP contribution in [0.2, 0.25) is 0 Å². The lowest BCUT2D eigenvalue weighted by Gasteiger charge is -2.31. The number of aromatic nitrogens is 1. The SMILES string of the molecule is CCNC(Cc1ccc(Br)cn1)C1CC2CCC1C2. The topological polar surface area (TPSA) is 24.9 Å². The van der Waals surface area contributed by atoms with Crippen LogP contribution in [-0.4, -0.2) is 17.6 Å². The molecule has 2 nitrogen and oxygen atoms in total. The van der Waals surface area contributed by atoms with Gasteiger partial charge in [0.1, 0.15) is 0 Å². The number of hydrogen-bond acceptors (Lipinski definition) is 2. The molecule has 19 heavy (non-hydrogen) atoms. The Morgan fingerprint density at radius 3 is 2.84 bits per heavy atom. The zero-order chi connectivity index (χ0) is 13.2. The fraction of sp³-hybridized carbons (Fsp3) is 0.688. The Morgan fingerprint density at radius 2 is 2.26 bits per heavy atom. The van der Waals surface area contributed by atoms with Crippen LogP contribution in [0.25, 0.3) is 0 Å². The number of fused-ring (bicyclic) bond motifs is 2. The molecule has 0 radical (unpaired) electrons. The zero-order valence-corrected chi connectivity index (χ0v) is 13.2. The molecule has 0 aliphatic heterocycles. The third kappa shape index (κ3) is 3.03. The maximum Gasteiger partial charge on any atom is 0.0420 e. The Hall–Kier alpha value is -0.410. The molecular formula is C16H23BrN2. The maximum absolute atomic E-state index is 4.55. The molecule has 2 saturated carbocycles. The summed E-state index contributed by atoms with van der Waals surface area (Å²) in [5, 5.41) is 3.72. The van der Waals surface area contributed by atoms with Crippen molar-refractivity contribution in [3.05, 3.63) is 28.5 Å². The van der Waals surface area contributed by atoms with Gasteiger partial charge in [-0.1, -0.05) is 13.3 Å². The molecular weight excluding hydrogens is 300 g/mol. The summed E-state index contributed by atoms with van der Waals surface area (Å²) in [6.45, 7) is 3.28. The van der Waals surface area contributed by atoms with Gasteiger partial charge < -0.3 is 5.32 Å². The van der Waals surface area contributed by atoms with Gasteiger partial charge in [-0.25, -0.2) is 0 Å². The Morgan fingerprint density at radius 1 is 1.37 bits per heavy atom. The summed E-state index contributed by atoms with van der Waals surface area (Å²) in [7, 11) is 0. The van der Waals surface area contributed by atoms with Gasteiger partial charge in [-0.05, 0) is 71.6 Å². The minimum atomic E-state index is 0.619. The summed E-state index contributed by atoms with van der Waals surface area (Å²) in [4.78, 5) is 4.55. The highest BCUT2D eigenvalue weighted by molar-refractivity contribution is 9.10. The fourth-order valence-electron chi connectivity index (χ4n) is 4.18. The van der Waals surface area contributed by atoms with Crippen LogP contribution in [0.1, 0.15) is 38.3 Å². The van der Waals surface area contributed by atoms with E-state index in [2.05, 4.69) is 45.3 Å². The molecule has 1 aromatic rings. The van der Waals surface area contributed by atoms with Gasteiger partial charge in [0, 0.05) is 28.8 Å². The summed E-state index contributed by atoms with van der Waals surface area (Å²) < 4.78 is 1.07. The van der Waals surface area contributed by atoms with Crippen molar-refractivity contribution in [2.24, 2.45) is 17.8 Å². The normalized spacial score (nSPS) is 30.7. The summed E-state index contributed by atoms with van der Waals surface area (Å²) in [6.07, 6.45) is 8.87. The first-order valence-electron chi connectivity index (χ1n) is 7.60. The van der Waals surface area contributed by atoms with E-state index in [4.69, 9.17) is 0 Å². The highest BCUT2D eigenvalue weighted by Gasteiger charge is 2.42. The molecule has 2 aliphatic rings. The Bertz CT molecular complexity index is 417. The number of nitrogens with one attached hydrogen (secondary N) is 1. The minimum Gasteiger partial charge on any atom is -0.314 e. The second-order valence-electron chi connectivity index (χ2n) is 6.17. The zero-order valence-electron chi connectivity index (χ0n) is 11.6. The smallest absolute Gasteiger partial charge is 0.0420 e. The number of halogens is 1. The largest absolute Gasteiger partial charge is 0.314 e. The number of likely N-dealkylation sites (N-methyl/N-ethyl adjacent to an activating group) is 1. The van der Waals surface area contributed by atoms with E-state index in [1.165, 1.54) is 31.4 Å². The monoisotopic (exact) mass is 322 g/mol. The summed E-state index contributed by atoms with van der Waals surface area (Å²) in [5.41, 5.74) is 1.22. The maximum atomic E-state index is 4.55. The first kappa shape index (κ1) is 13.6. The summed E-state index contributed by atoms with van der Waals surface area (Å²) in [6, 6.07) is 4.88. The Balaban J connectivity index is 1.68. The molecule has 4 atom stereocenters. The Kier molecular flexibility index (Phi) is 4.23. The molecule has 104 valence electrons. The van der Waals surface area contributed by atoms with Gasteiger partial charge in [0.2, 0.25) is 0 Å². The van der Waals surface area contributed by atoms with Crippen LogP contribution >= 0.6 is 15.9 Å². The number of nitrogens with zero attached hydrogens (tertiary/aromatic N) is 1. The van der Waals surface area contributed by atoms with Gasteiger partial charge in [0.15, 0.2) is 0 Å². The lowest BCUT2D eigenvalue weighted by molar-refractivity contribution is 0.248. The van der Waals surface area contributed by atoms with Crippen LogP contribution < -0.4 is 5.32 Å². The van der Waals surface area contributed by atoms with Crippen LogP contribution in [-0.2, 0) is 6.42 Å². The number of rotatable bonds is 5. The van der Waals surface area contributed by atoms with Crippen molar-refractivity contribution >= 4 is 15.9 Å². The van der Waals surface area contributed by atoms with Crippen molar-refractivity contribution in [2.45, 2.75) is 45.1 Å². The van der Waals surface area contributed by atoms with Crippen molar-refractivity contribution in [1.29, 1.82) is 0 Å². The number of pyridine rings is 1. The van der Waals surface area contributed by atoms with E-state index in [1.807, 2.05) is 6.20 Å². The van der Waals surface area contributed by atoms with E-state index in [0.717, 1.165) is 35.2 Å². The molecule has 0 aromatic carbocycles. The highest BCUT2D eigenvalue weighted by Crippen LogP contribution is 2.49. The summed E-state index contributed by atoms with van der Waals surface area (Å²) in [5.74, 6) is 2.88. The van der Waals surface area contributed by atoms with Gasteiger partial charge in [0.05, 0.1) is 0 Å². The molecule has 1 aromatic heterocycles. The van der Waals surface area contributed by atoms with Crippen LogP contribution in [0.4, 0.5) is 0 Å². The van der Waals surface area contributed by atoms with Crippen molar-refractivity contribution < 1.29 is 0 Å². The van der Waals surface area contributed by atoms with E-state index < -0.39 is 0 Å². The molecule has 0 spiro atoms. The highest BCUT2D eigenvalue weighted by atomic mass is 79.9. The second kappa shape index (κ2) is 5.92. The molecule has 1 N–H and O–H groups in total. The average molecular weight is 323 g/mol. The molecule has 2 bridgehead atoms. The average Bonchev–Trinajstić information content (AvgIpc) is 3.03. The van der Waals surface area contributed by atoms with Crippen molar-refractivity contribution in [1.82, 2.24) is 10.3 Å². The van der Waals surface area contributed by atoms with Crippen molar-refractivity contribution in [2.75, 3.05) is 6.54 Å². The van der Waals surface area contributed by atoms with E-state index >= 15 is 0 Å². The van der Waals surface area contributed by atoms with Gasteiger partial charge in [-0.2, -0.15) is 0 Å². The predicted molar refractivity (Wildman–Crippen MR) is 82.0 cm³/mol. The van der Waals surface area contributed by atoms with Crippen LogP contribution in [0.5, 0.6) is 0 Å². The van der Waals surface area contributed by atoms with E-state index in [0.29, 0.717) is 6.04 Å². The third-order valence-electron chi connectivity index (χ3n) is 4.99. The summed E-state index contributed by atoms with van der Waals surface area (Å²) >= 11 is 3.46.